The monoisotopic (exact) mass is 494 g/mol. The molecule has 1 aliphatic heterocycles. The highest BCUT2D eigenvalue weighted by atomic mass is 32.2. The van der Waals surface area contributed by atoms with E-state index in [1.54, 1.807) is 51.7 Å². The summed E-state index contributed by atoms with van der Waals surface area (Å²) in [5.41, 5.74) is 2.26. The summed E-state index contributed by atoms with van der Waals surface area (Å²) in [5, 5.41) is 11.3. The Morgan fingerprint density at radius 1 is 1.27 bits per heavy atom. The Morgan fingerprint density at radius 3 is 3.03 bits per heavy atom. The minimum atomic E-state index is 0.0728. The molecule has 0 bridgehead atoms. The Morgan fingerprint density at radius 2 is 2.18 bits per heavy atom. The van der Waals surface area contributed by atoms with Gasteiger partial charge in [-0.15, -0.1) is 28.1 Å². The van der Waals surface area contributed by atoms with Crippen molar-refractivity contribution in [2.75, 3.05) is 11.5 Å². The average molecular weight is 495 g/mol. The predicted octanol–water partition coefficient (Wildman–Crippen LogP) is 4.62. The largest absolute Gasteiger partial charge is 0.297 e. The van der Waals surface area contributed by atoms with Crippen molar-refractivity contribution >= 4 is 45.1 Å². The number of pyridine rings is 1. The summed E-state index contributed by atoms with van der Waals surface area (Å²) < 4.78 is 3.99. The number of aryl methyl sites for hydroxylation is 2. The summed E-state index contributed by atoms with van der Waals surface area (Å²) in [6, 6.07) is 4.13. The predicted molar refractivity (Wildman–Crippen MR) is 134 cm³/mol. The molecule has 1 atom stereocenters. The molecule has 33 heavy (non-hydrogen) atoms. The number of hydrogen-bond donors (Lipinski definition) is 0. The molecule has 1 aliphatic carbocycles. The summed E-state index contributed by atoms with van der Waals surface area (Å²) in [6.45, 7) is 4.34. The molecular formula is C23H22N6OS3. The zero-order valence-corrected chi connectivity index (χ0v) is 20.4. The van der Waals surface area contributed by atoms with Gasteiger partial charge >= 0.3 is 0 Å². The van der Waals surface area contributed by atoms with Crippen LogP contribution >= 0.6 is 34.9 Å². The van der Waals surface area contributed by atoms with E-state index >= 15 is 0 Å². The molecule has 5 heterocycles. The fourth-order valence-electron chi connectivity index (χ4n) is 4.56. The normalized spacial score (nSPS) is 17.3. The van der Waals surface area contributed by atoms with Crippen LogP contribution in [0.5, 0.6) is 0 Å². The maximum atomic E-state index is 13.5. The second kappa shape index (κ2) is 8.73. The lowest BCUT2D eigenvalue weighted by Crippen LogP contribution is -2.23. The average Bonchev–Trinajstić information content (AvgIpc) is 3.54. The Kier molecular flexibility index (Phi) is 5.59. The smallest absolute Gasteiger partial charge is 0.263 e. The van der Waals surface area contributed by atoms with Crippen LogP contribution in [0.4, 0.5) is 0 Å². The van der Waals surface area contributed by atoms with E-state index in [1.165, 1.54) is 16.9 Å². The Balaban J connectivity index is 1.34. The van der Waals surface area contributed by atoms with E-state index in [9.17, 15) is 4.79 Å². The SMILES string of the molecule is C=CCn1c(SCC2CSc3nnc(-c4cccnc4)n32)nc2sc3c(c2c1=O)CCCC3. The van der Waals surface area contributed by atoms with Crippen molar-refractivity contribution in [3.63, 3.8) is 0 Å². The van der Waals surface area contributed by atoms with Gasteiger partial charge in [0.2, 0.25) is 0 Å². The minimum Gasteiger partial charge on any atom is -0.297 e. The van der Waals surface area contributed by atoms with Gasteiger partial charge in [-0.2, -0.15) is 0 Å². The maximum Gasteiger partial charge on any atom is 0.263 e. The van der Waals surface area contributed by atoms with Crippen molar-refractivity contribution in [2.24, 2.45) is 0 Å². The summed E-state index contributed by atoms with van der Waals surface area (Å²) >= 11 is 5.06. The molecule has 6 rings (SSSR count). The van der Waals surface area contributed by atoms with Gasteiger partial charge in [0.1, 0.15) is 4.83 Å². The minimum absolute atomic E-state index is 0.0728. The number of allylic oxidation sites excluding steroid dienone is 1. The summed E-state index contributed by atoms with van der Waals surface area (Å²) in [6.07, 6.45) is 9.75. The van der Waals surface area contributed by atoms with Gasteiger partial charge in [0.25, 0.3) is 5.56 Å². The molecule has 10 heteroatoms. The number of aromatic nitrogens is 6. The van der Waals surface area contributed by atoms with E-state index in [0.29, 0.717) is 6.54 Å². The summed E-state index contributed by atoms with van der Waals surface area (Å²) in [7, 11) is 0. The topological polar surface area (TPSA) is 78.5 Å². The molecule has 0 radical (unpaired) electrons. The second-order valence-electron chi connectivity index (χ2n) is 8.18. The van der Waals surface area contributed by atoms with E-state index in [2.05, 4.69) is 26.3 Å². The first-order valence-corrected chi connectivity index (χ1v) is 13.8. The molecule has 0 saturated carbocycles. The summed E-state index contributed by atoms with van der Waals surface area (Å²) in [5.74, 6) is 2.55. The van der Waals surface area contributed by atoms with Crippen molar-refractivity contribution in [3.05, 3.63) is 58.0 Å². The highest BCUT2D eigenvalue weighted by Crippen LogP contribution is 2.39. The molecule has 0 aromatic carbocycles. The van der Waals surface area contributed by atoms with E-state index in [-0.39, 0.29) is 11.6 Å². The maximum absolute atomic E-state index is 13.5. The highest BCUT2D eigenvalue weighted by Gasteiger charge is 2.29. The van der Waals surface area contributed by atoms with Crippen LogP contribution in [0, 0.1) is 0 Å². The van der Waals surface area contributed by atoms with Gasteiger partial charge in [0, 0.05) is 40.9 Å². The third-order valence-electron chi connectivity index (χ3n) is 6.11. The van der Waals surface area contributed by atoms with Crippen LogP contribution < -0.4 is 5.56 Å². The number of nitrogens with zero attached hydrogens (tertiary/aromatic N) is 6. The molecule has 4 aromatic heterocycles. The van der Waals surface area contributed by atoms with Gasteiger partial charge < -0.3 is 0 Å². The molecule has 0 spiro atoms. The lowest BCUT2D eigenvalue weighted by molar-refractivity contribution is 0.594. The zero-order valence-electron chi connectivity index (χ0n) is 17.9. The molecule has 0 N–H and O–H groups in total. The van der Waals surface area contributed by atoms with Crippen molar-refractivity contribution in [1.82, 2.24) is 29.3 Å². The van der Waals surface area contributed by atoms with Crippen molar-refractivity contribution in [2.45, 2.75) is 48.6 Å². The van der Waals surface area contributed by atoms with Gasteiger partial charge in [0.15, 0.2) is 16.1 Å². The lowest BCUT2D eigenvalue weighted by Gasteiger charge is -2.16. The van der Waals surface area contributed by atoms with Gasteiger partial charge in [-0.05, 0) is 43.4 Å². The van der Waals surface area contributed by atoms with Crippen LogP contribution in [0.15, 0.2) is 52.3 Å². The zero-order chi connectivity index (χ0) is 22.4. The first kappa shape index (κ1) is 21.1. The highest BCUT2D eigenvalue weighted by molar-refractivity contribution is 8.00. The Hall–Kier alpha value is -2.43. The first-order chi connectivity index (χ1) is 16.2. The Bertz CT molecular complexity index is 1410. The number of thioether (sulfide) groups is 2. The number of hydrogen-bond acceptors (Lipinski definition) is 8. The molecular weight excluding hydrogens is 472 g/mol. The van der Waals surface area contributed by atoms with Gasteiger partial charge in [-0.25, -0.2) is 4.98 Å². The number of thiophene rings is 1. The van der Waals surface area contributed by atoms with Crippen LogP contribution in [-0.4, -0.2) is 40.8 Å². The molecule has 0 fully saturated rings. The fourth-order valence-corrected chi connectivity index (χ4v) is 8.17. The van der Waals surface area contributed by atoms with Crippen LogP contribution in [0.25, 0.3) is 21.6 Å². The number of fused-ring (bicyclic) bond motifs is 4. The van der Waals surface area contributed by atoms with E-state index < -0.39 is 0 Å². The van der Waals surface area contributed by atoms with Crippen LogP contribution in [0.1, 0.15) is 29.3 Å². The molecule has 0 saturated heterocycles. The standard InChI is InChI=1S/C23H22N6OS3/c1-2-10-28-21(30)18-16-7-3-4-8-17(16)33-20(18)25-22(28)31-12-15-13-32-23-27-26-19(29(15)23)14-6-5-9-24-11-14/h2,5-6,9,11,15H,1,3-4,7-8,10,12-13H2. The van der Waals surface area contributed by atoms with Crippen molar-refractivity contribution in [3.8, 4) is 11.4 Å². The van der Waals surface area contributed by atoms with E-state index in [1.807, 2.05) is 18.3 Å². The first-order valence-electron chi connectivity index (χ1n) is 11.0. The van der Waals surface area contributed by atoms with Gasteiger partial charge in [-0.3, -0.25) is 18.9 Å². The van der Waals surface area contributed by atoms with E-state index in [0.717, 1.165) is 62.7 Å². The van der Waals surface area contributed by atoms with Crippen molar-refractivity contribution in [1.29, 1.82) is 0 Å². The molecule has 7 nitrogen and oxygen atoms in total. The molecule has 4 aromatic rings. The molecule has 2 aliphatic rings. The third kappa shape index (κ3) is 3.64. The quantitative estimate of drug-likeness (QED) is 0.220. The van der Waals surface area contributed by atoms with Crippen LogP contribution in [0.2, 0.25) is 0 Å². The summed E-state index contributed by atoms with van der Waals surface area (Å²) in [4.78, 5) is 24.9. The number of rotatable bonds is 6. The third-order valence-corrected chi connectivity index (χ3v) is 9.51. The molecule has 1 unspecified atom stereocenters. The van der Waals surface area contributed by atoms with Crippen LogP contribution in [-0.2, 0) is 19.4 Å². The fraction of sp³-hybridized carbons (Fsp3) is 0.348. The van der Waals surface area contributed by atoms with E-state index in [4.69, 9.17) is 4.98 Å². The van der Waals surface area contributed by atoms with Crippen molar-refractivity contribution < 1.29 is 0 Å². The second-order valence-corrected chi connectivity index (χ2v) is 11.2. The lowest BCUT2D eigenvalue weighted by atomic mass is 9.97. The van der Waals surface area contributed by atoms with Gasteiger partial charge in [-0.1, -0.05) is 29.6 Å². The Labute approximate surface area is 203 Å². The molecule has 168 valence electrons. The molecule has 0 amide bonds. The van der Waals surface area contributed by atoms with Crippen LogP contribution in [0.3, 0.4) is 0 Å². The van der Waals surface area contributed by atoms with Gasteiger partial charge in [0.05, 0.1) is 11.4 Å².